The van der Waals surface area contributed by atoms with Crippen LogP contribution in [-0.4, -0.2) is 16.6 Å². The van der Waals surface area contributed by atoms with Crippen molar-refractivity contribution >= 4 is 23.0 Å². The highest BCUT2D eigenvalue weighted by molar-refractivity contribution is 7.80. The molecule has 0 bridgehead atoms. The average Bonchev–Trinajstić information content (AvgIpc) is 3.00. The molecule has 2 rings (SSSR count). The molecule has 0 spiro atoms. The molecular weight excluding hydrogens is 294 g/mol. The maximum atomic E-state index is 8.82. The molecule has 22 heavy (non-hydrogen) atoms. The largest absolute Gasteiger partial charge is 0.467 e. The zero-order chi connectivity index (χ0) is 15.9. The van der Waals surface area contributed by atoms with Gasteiger partial charge in [-0.15, -0.1) is 0 Å². The third kappa shape index (κ3) is 4.34. The van der Waals surface area contributed by atoms with E-state index in [0.717, 1.165) is 11.4 Å². The van der Waals surface area contributed by atoms with Gasteiger partial charge in [0.25, 0.3) is 0 Å². The Bertz CT molecular complexity index is 674. The number of benzene rings is 1. The van der Waals surface area contributed by atoms with E-state index in [9.17, 15) is 0 Å². The van der Waals surface area contributed by atoms with E-state index in [4.69, 9.17) is 21.9 Å². The predicted molar refractivity (Wildman–Crippen MR) is 91.5 cm³/mol. The van der Waals surface area contributed by atoms with Gasteiger partial charge >= 0.3 is 0 Å². The summed E-state index contributed by atoms with van der Waals surface area (Å²) in [6.45, 7) is 5.26. The molecule has 1 aromatic carbocycles. The van der Waals surface area contributed by atoms with Gasteiger partial charge in [-0.05, 0) is 61.5 Å². The molecule has 0 amide bonds. The first-order valence-corrected chi connectivity index (χ1v) is 7.53. The van der Waals surface area contributed by atoms with Crippen LogP contribution in [0.3, 0.4) is 0 Å². The van der Waals surface area contributed by atoms with Gasteiger partial charge in [0, 0.05) is 12.2 Å². The van der Waals surface area contributed by atoms with Crippen molar-refractivity contribution in [3.8, 4) is 6.07 Å². The lowest BCUT2D eigenvalue weighted by molar-refractivity contribution is 0.371. The van der Waals surface area contributed by atoms with Crippen molar-refractivity contribution in [1.82, 2.24) is 4.90 Å². The highest BCUT2D eigenvalue weighted by Gasteiger charge is 2.12. The van der Waals surface area contributed by atoms with E-state index in [2.05, 4.69) is 37.4 Å². The van der Waals surface area contributed by atoms with E-state index in [1.807, 2.05) is 23.1 Å². The summed E-state index contributed by atoms with van der Waals surface area (Å²) in [5.74, 6) is 0.821. The maximum Gasteiger partial charge on any atom is 0.173 e. The Labute approximate surface area is 136 Å². The minimum atomic E-state index is 0.412. The summed E-state index contributed by atoms with van der Waals surface area (Å²) in [6, 6.07) is 12.0. The first kappa shape index (κ1) is 16.1. The number of aryl methyl sites for hydroxylation is 2. The van der Waals surface area contributed by atoms with Crippen LogP contribution in [0.5, 0.6) is 0 Å². The molecule has 0 atom stereocenters. The summed E-state index contributed by atoms with van der Waals surface area (Å²) in [6.07, 6.45) is 2.05. The summed E-state index contributed by atoms with van der Waals surface area (Å²) in [5, 5.41) is 12.6. The van der Waals surface area contributed by atoms with E-state index < -0.39 is 0 Å². The SMILES string of the molecule is Cc1ccc(NC(=S)N(CCC#N)Cc2ccco2)cc1C. The van der Waals surface area contributed by atoms with Crippen LogP contribution >= 0.6 is 12.2 Å². The summed E-state index contributed by atoms with van der Waals surface area (Å²) in [4.78, 5) is 1.94. The molecule has 0 saturated carbocycles. The second-order valence-corrected chi connectivity index (χ2v) is 5.52. The molecule has 0 aliphatic carbocycles. The van der Waals surface area contributed by atoms with Gasteiger partial charge in [0.15, 0.2) is 5.11 Å². The van der Waals surface area contributed by atoms with Crippen molar-refractivity contribution in [2.75, 3.05) is 11.9 Å². The van der Waals surface area contributed by atoms with Gasteiger partial charge in [0.2, 0.25) is 0 Å². The smallest absolute Gasteiger partial charge is 0.173 e. The van der Waals surface area contributed by atoms with Gasteiger partial charge in [0.1, 0.15) is 5.76 Å². The van der Waals surface area contributed by atoms with Crippen molar-refractivity contribution in [2.45, 2.75) is 26.8 Å². The second-order valence-electron chi connectivity index (χ2n) is 5.14. The van der Waals surface area contributed by atoms with Crippen LogP contribution in [0.15, 0.2) is 41.0 Å². The van der Waals surface area contributed by atoms with Gasteiger partial charge in [-0.3, -0.25) is 0 Å². The van der Waals surface area contributed by atoms with Crippen LogP contribution in [0, 0.1) is 25.2 Å². The van der Waals surface area contributed by atoms with Gasteiger partial charge in [-0.2, -0.15) is 5.26 Å². The van der Waals surface area contributed by atoms with Crippen LogP contribution < -0.4 is 5.32 Å². The molecule has 1 aromatic heterocycles. The number of furan rings is 1. The fourth-order valence-corrected chi connectivity index (χ4v) is 2.32. The molecule has 0 fully saturated rings. The normalized spacial score (nSPS) is 10.0. The van der Waals surface area contributed by atoms with Crippen molar-refractivity contribution < 1.29 is 4.42 Å². The first-order chi connectivity index (χ1) is 10.6. The van der Waals surface area contributed by atoms with Crippen molar-refractivity contribution in [2.24, 2.45) is 0 Å². The summed E-state index contributed by atoms with van der Waals surface area (Å²) in [5.41, 5.74) is 3.41. The minimum absolute atomic E-state index is 0.412. The molecule has 1 N–H and O–H groups in total. The number of nitrogens with zero attached hydrogens (tertiary/aromatic N) is 2. The lowest BCUT2D eigenvalue weighted by atomic mass is 10.1. The van der Waals surface area contributed by atoms with Crippen LogP contribution in [0.1, 0.15) is 23.3 Å². The Kier molecular flexibility index (Phi) is 5.56. The number of hydrogen-bond donors (Lipinski definition) is 1. The molecule has 0 radical (unpaired) electrons. The Morgan fingerprint density at radius 2 is 2.14 bits per heavy atom. The lowest BCUT2D eigenvalue weighted by Crippen LogP contribution is -2.34. The maximum absolute atomic E-state index is 8.82. The molecule has 1 heterocycles. The Balaban J connectivity index is 2.07. The van der Waals surface area contributed by atoms with E-state index in [0.29, 0.717) is 24.6 Å². The molecule has 4 nitrogen and oxygen atoms in total. The molecular formula is C17H19N3OS. The molecule has 0 saturated heterocycles. The number of hydrogen-bond acceptors (Lipinski definition) is 3. The van der Waals surface area contributed by atoms with Gasteiger partial charge in [-0.25, -0.2) is 0 Å². The van der Waals surface area contributed by atoms with Crippen molar-refractivity contribution in [3.05, 3.63) is 53.5 Å². The van der Waals surface area contributed by atoms with E-state index >= 15 is 0 Å². The summed E-state index contributed by atoms with van der Waals surface area (Å²) >= 11 is 5.48. The van der Waals surface area contributed by atoms with Crippen LogP contribution in [0.4, 0.5) is 5.69 Å². The Morgan fingerprint density at radius 3 is 2.77 bits per heavy atom. The standard InChI is InChI=1S/C17H19N3OS/c1-13-6-7-15(11-14(13)2)19-17(22)20(9-4-8-18)12-16-5-3-10-21-16/h3,5-7,10-11H,4,9,12H2,1-2H3,(H,19,22). The average molecular weight is 313 g/mol. The zero-order valence-corrected chi connectivity index (χ0v) is 13.6. The number of anilines is 1. The van der Waals surface area contributed by atoms with Gasteiger partial charge in [0.05, 0.1) is 25.3 Å². The lowest BCUT2D eigenvalue weighted by Gasteiger charge is -2.24. The topological polar surface area (TPSA) is 52.2 Å². The van der Waals surface area contributed by atoms with E-state index in [1.165, 1.54) is 11.1 Å². The van der Waals surface area contributed by atoms with E-state index in [1.54, 1.807) is 6.26 Å². The fraction of sp³-hybridized carbons (Fsp3) is 0.294. The Hall–Kier alpha value is -2.32. The highest BCUT2D eigenvalue weighted by Crippen LogP contribution is 2.16. The number of thiocarbonyl (C=S) groups is 1. The third-order valence-corrected chi connectivity index (χ3v) is 3.83. The van der Waals surface area contributed by atoms with Crippen LogP contribution in [-0.2, 0) is 6.54 Å². The summed E-state index contributed by atoms with van der Waals surface area (Å²) < 4.78 is 5.37. The minimum Gasteiger partial charge on any atom is -0.467 e. The molecule has 114 valence electrons. The van der Waals surface area contributed by atoms with Crippen LogP contribution in [0.25, 0.3) is 0 Å². The number of nitrogens with one attached hydrogen (secondary N) is 1. The zero-order valence-electron chi connectivity index (χ0n) is 12.8. The Morgan fingerprint density at radius 1 is 1.32 bits per heavy atom. The quantitative estimate of drug-likeness (QED) is 0.845. The molecule has 0 aliphatic heterocycles. The molecule has 0 aliphatic rings. The predicted octanol–water partition coefficient (Wildman–Crippen LogP) is 4.01. The number of rotatable bonds is 5. The fourth-order valence-electron chi connectivity index (χ4n) is 2.05. The monoisotopic (exact) mass is 313 g/mol. The van der Waals surface area contributed by atoms with Crippen LogP contribution in [0.2, 0.25) is 0 Å². The number of nitriles is 1. The second kappa shape index (κ2) is 7.62. The van der Waals surface area contributed by atoms with Gasteiger partial charge in [-0.1, -0.05) is 6.07 Å². The third-order valence-electron chi connectivity index (χ3n) is 3.47. The van der Waals surface area contributed by atoms with Gasteiger partial charge < -0.3 is 14.6 Å². The molecule has 5 heteroatoms. The van der Waals surface area contributed by atoms with Crippen molar-refractivity contribution in [1.29, 1.82) is 5.26 Å². The summed E-state index contributed by atoms with van der Waals surface area (Å²) in [7, 11) is 0. The highest BCUT2D eigenvalue weighted by atomic mass is 32.1. The first-order valence-electron chi connectivity index (χ1n) is 7.12. The molecule has 2 aromatic rings. The molecule has 0 unspecified atom stereocenters. The van der Waals surface area contributed by atoms with Crippen molar-refractivity contribution in [3.63, 3.8) is 0 Å². The van der Waals surface area contributed by atoms with E-state index in [-0.39, 0.29) is 0 Å².